The zero-order valence-electron chi connectivity index (χ0n) is 11.1. The monoisotopic (exact) mass is 210 g/mol. The van der Waals surface area contributed by atoms with Crippen molar-refractivity contribution in [2.45, 2.75) is 46.4 Å². The Balaban J connectivity index is -0.0000000174. The average molecular weight is 210 g/mol. The molecule has 0 aliphatic heterocycles. The number of hydrogen-bond acceptors (Lipinski definition) is 1. The summed E-state index contributed by atoms with van der Waals surface area (Å²) in [4.78, 5) is 1.53. The topological polar surface area (TPSA) is 9.23 Å². The lowest BCUT2D eigenvalue weighted by Crippen LogP contribution is -1.55. The first-order valence-corrected chi connectivity index (χ1v) is 8.06. The van der Waals surface area contributed by atoms with Gasteiger partial charge in [0.25, 0.3) is 0 Å². The Morgan fingerprint density at radius 3 is 0.917 bits per heavy atom. The second-order valence-corrected chi connectivity index (χ2v) is 6.77. The van der Waals surface area contributed by atoms with Gasteiger partial charge in [-0.25, -0.2) is 0 Å². The van der Waals surface area contributed by atoms with Crippen LogP contribution in [0.15, 0.2) is 0 Å². The molecular weight excluding hydrogens is 179 g/mol. The normalized spacial score (nSPS) is 4.67. The number of methoxy groups -OCH3 is 1. The minimum Gasteiger partial charge on any atom is -0.388 e. The second kappa shape index (κ2) is 183. The van der Waals surface area contributed by atoms with Gasteiger partial charge in [-0.15, -0.1) is 4.91 Å². The van der Waals surface area contributed by atoms with Crippen LogP contribution in [0, 0.1) is 0 Å². The largest absolute Gasteiger partial charge is 0.388 e. The van der Waals surface area contributed by atoms with Crippen molar-refractivity contribution in [3.63, 3.8) is 0 Å². The van der Waals surface area contributed by atoms with E-state index in [1.165, 1.54) is 31.4 Å². The van der Waals surface area contributed by atoms with E-state index in [9.17, 15) is 0 Å². The highest BCUT2D eigenvalue weighted by atomic mass is 28.2. The Bertz CT molecular complexity index is 16.5. The van der Waals surface area contributed by atoms with Crippen molar-refractivity contribution >= 4 is 26.5 Å². The first kappa shape index (κ1) is 29.3. The zero-order chi connectivity index (χ0) is 11.4. The zero-order valence-corrected chi connectivity index (χ0v) is 15.1. The molecule has 0 aromatic heterocycles. The molecule has 0 saturated carbocycles. The summed E-state index contributed by atoms with van der Waals surface area (Å²) in [5, 5.41) is 0. The third-order valence-corrected chi connectivity index (χ3v) is 0. The van der Waals surface area contributed by atoms with Gasteiger partial charge in [-0.1, -0.05) is 41.5 Å². The Hall–Kier alpha value is 0.709. The fourth-order valence-electron chi connectivity index (χ4n) is 0. The standard InChI is InChI=1S/C2H6O.3C2H6.CH5Si.Al.2H/c1-3-2;4*1-2;;;/h1-2H3;3*1-2H3;1H2,2H3;;;. The Labute approximate surface area is 92.1 Å². The van der Waals surface area contributed by atoms with Gasteiger partial charge < -0.3 is 4.74 Å². The van der Waals surface area contributed by atoms with Crippen molar-refractivity contribution in [1.29, 1.82) is 0 Å². The van der Waals surface area contributed by atoms with Crippen LogP contribution in [-0.4, -0.2) is 40.8 Å². The van der Waals surface area contributed by atoms with Crippen LogP contribution >= 0.6 is 0 Å². The van der Waals surface area contributed by atoms with Crippen LogP contribution in [0.5, 0.6) is 0 Å². The summed E-state index contributed by atoms with van der Waals surface area (Å²) in [7, 11) is 4.68. The lowest BCUT2D eigenvalue weighted by molar-refractivity contribution is 0.277. The molecule has 3 heteroatoms. The molecule has 0 fully saturated rings. The third kappa shape index (κ3) is 2010. The van der Waals surface area contributed by atoms with Gasteiger partial charge in [0.15, 0.2) is 0 Å². The highest BCUT2D eigenvalue weighted by Gasteiger charge is 1.42. The van der Waals surface area contributed by atoms with Crippen molar-refractivity contribution < 1.29 is 4.74 Å². The predicted octanol–water partition coefficient (Wildman–Crippen LogP) is 1.70. The van der Waals surface area contributed by atoms with E-state index >= 15 is 0 Å². The fourth-order valence-corrected chi connectivity index (χ4v) is 0. The van der Waals surface area contributed by atoms with Gasteiger partial charge in [0.05, 0.1) is 0 Å². The van der Waals surface area contributed by atoms with E-state index in [2.05, 4.69) is 4.74 Å². The van der Waals surface area contributed by atoms with Crippen LogP contribution in [-0.2, 0) is 4.74 Å². The Morgan fingerprint density at radius 1 is 0.917 bits per heavy atom. The summed E-state index contributed by atoms with van der Waals surface area (Å²) in [6.07, 6.45) is 0. The second-order valence-electron chi connectivity index (χ2n) is 1.12. The first-order chi connectivity index (χ1) is 5.83. The maximum atomic E-state index is 4.25. The predicted molar refractivity (Wildman–Crippen MR) is 70.3 cm³/mol. The van der Waals surface area contributed by atoms with Crippen LogP contribution in [0.1, 0.15) is 41.5 Å². The molecule has 80 valence electrons. The van der Waals surface area contributed by atoms with Crippen molar-refractivity contribution in [2.24, 2.45) is 0 Å². The van der Waals surface area contributed by atoms with Gasteiger partial charge in [-0.05, 0) is 10.2 Å². The average Bonchev–Trinajstić information content (AvgIpc) is 2.16. The summed E-state index contributed by atoms with van der Waals surface area (Å²) < 4.78 is 4.25. The number of hydrogen-bond donors (Lipinski definition) is 0. The Morgan fingerprint density at radius 2 is 0.917 bits per heavy atom. The van der Waals surface area contributed by atoms with E-state index in [4.69, 9.17) is 0 Å². The van der Waals surface area contributed by atoms with Crippen LogP contribution in [0.2, 0.25) is 4.91 Å². The van der Waals surface area contributed by atoms with E-state index in [1.807, 2.05) is 41.5 Å². The van der Waals surface area contributed by atoms with Gasteiger partial charge >= 0.3 is 0 Å². The maximum Gasteiger partial charge on any atom is 0.207 e. The van der Waals surface area contributed by atoms with Crippen molar-refractivity contribution in [3.05, 3.63) is 0 Å². The lowest BCUT2D eigenvalue weighted by atomic mass is 11.0. The molecule has 0 rings (SSSR count). The summed E-state index contributed by atoms with van der Waals surface area (Å²) in [6.45, 7) is 12.0. The highest BCUT2D eigenvalue weighted by Crippen LogP contribution is 1.36. The summed E-state index contributed by atoms with van der Waals surface area (Å²) in [6, 6.07) is 0. The van der Waals surface area contributed by atoms with Gasteiger partial charge in [0.1, 0.15) is 0 Å². The molecule has 0 N–H and O–H groups in total. The summed E-state index contributed by atoms with van der Waals surface area (Å²) in [5.41, 5.74) is 0. The first-order valence-electron chi connectivity index (χ1n) is 5.23. The molecule has 0 spiro atoms. The SMILES string of the molecule is CC.CC.CC.COC.[AlH2][CH2][SiH3]. The molecule has 0 aliphatic rings. The van der Waals surface area contributed by atoms with Crippen molar-refractivity contribution in [3.8, 4) is 0 Å². The van der Waals surface area contributed by atoms with Gasteiger partial charge in [-0.3, -0.25) is 0 Å². The van der Waals surface area contributed by atoms with Gasteiger partial charge in [0, 0.05) is 14.2 Å². The van der Waals surface area contributed by atoms with E-state index in [1.54, 1.807) is 14.2 Å². The molecule has 0 radical (unpaired) electrons. The minimum absolute atomic E-state index is 1.43. The molecule has 0 aliphatic carbocycles. The maximum absolute atomic E-state index is 4.25. The smallest absolute Gasteiger partial charge is 0.207 e. The van der Waals surface area contributed by atoms with E-state index in [0.717, 1.165) is 0 Å². The minimum atomic E-state index is 1.43. The van der Waals surface area contributed by atoms with Gasteiger partial charge in [-0.2, -0.15) is 0 Å². The fraction of sp³-hybridized carbons (Fsp3) is 1.00. The van der Waals surface area contributed by atoms with Crippen LogP contribution in [0.4, 0.5) is 0 Å². The highest BCUT2D eigenvalue weighted by molar-refractivity contribution is 6.31. The number of rotatable bonds is 0. The molecule has 0 heterocycles. The molecule has 0 saturated heterocycles. The van der Waals surface area contributed by atoms with E-state index in [0.29, 0.717) is 0 Å². The molecule has 0 bridgehead atoms. The lowest BCUT2D eigenvalue weighted by Gasteiger charge is -1.61. The van der Waals surface area contributed by atoms with Crippen molar-refractivity contribution in [2.75, 3.05) is 14.2 Å². The van der Waals surface area contributed by atoms with Gasteiger partial charge in [0.2, 0.25) is 16.3 Å². The summed E-state index contributed by atoms with van der Waals surface area (Å²) in [5.74, 6) is 0. The molecule has 0 atom stereocenters. The number of ether oxygens (including phenoxy) is 1. The van der Waals surface area contributed by atoms with Crippen molar-refractivity contribution in [1.82, 2.24) is 0 Å². The molecular formula is C9H31AlOSi. The molecule has 0 unspecified atom stereocenters. The van der Waals surface area contributed by atoms with Crippen LogP contribution < -0.4 is 0 Å². The van der Waals surface area contributed by atoms with Crippen LogP contribution in [0.3, 0.4) is 0 Å². The molecule has 1 nitrogen and oxygen atoms in total. The van der Waals surface area contributed by atoms with E-state index in [-0.39, 0.29) is 0 Å². The molecule has 0 aromatic rings. The Kier molecular flexibility index (Phi) is 447. The molecule has 12 heavy (non-hydrogen) atoms. The van der Waals surface area contributed by atoms with E-state index < -0.39 is 0 Å². The quantitative estimate of drug-likeness (QED) is 0.553. The third-order valence-electron chi connectivity index (χ3n) is 0. The molecule has 0 amide bonds. The van der Waals surface area contributed by atoms with Crippen LogP contribution in [0.25, 0.3) is 0 Å². The molecule has 0 aromatic carbocycles. The summed E-state index contributed by atoms with van der Waals surface area (Å²) >= 11 is 1.43.